The Balaban J connectivity index is 1.81. The summed E-state index contributed by atoms with van der Waals surface area (Å²) < 4.78 is 7.39. The summed E-state index contributed by atoms with van der Waals surface area (Å²) in [7, 11) is 0. The molecule has 1 unspecified atom stereocenters. The summed E-state index contributed by atoms with van der Waals surface area (Å²) in [4.78, 5) is 4.72. The van der Waals surface area contributed by atoms with Crippen LogP contribution >= 0.6 is 11.6 Å². The lowest BCUT2D eigenvalue weighted by Gasteiger charge is -2.08. The van der Waals surface area contributed by atoms with Gasteiger partial charge < -0.3 is 9.84 Å². The van der Waals surface area contributed by atoms with Crippen molar-refractivity contribution in [3.63, 3.8) is 0 Å². The molecule has 1 aromatic carbocycles. The molecule has 6 heteroatoms. The van der Waals surface area contributed by atoms with Crippen LogP contribution in [0.3, 0.4) is 0 Å². The van der Waals surface area contributed by atoms with Gasteiger partial charge >= 0.3 is 0 Å². The fourth-order valence-electron chi connectivity index (χ4n) is 2.73. The lowest BCUT2D eigenvalue weighted by Crippen LogP contribution is -2.11. The fourth-order valence-corrected chi connectivity index (χ4v) is 2.95. The number of nitrogens with zero attached hydrogens (tertiary/aromatic N) is 3. The summed E-state index contributed by atoms with van der Waals surface area (Å²) in [5, 5.41) is 14.4. The van der Waals surface area contributed by atoms with Crippen LogP contribution < -0.4 is 0 Å². The lowest BCUT2D eigenvalue weighted by atomic mass is 10.1. The number of hydrogen-bond acceptors (Lipinski definition) is 4. The quantitative estimate of drug-likeness (QED) is 0.887. The molecule has 3 rings (SSSR count). The van der Waals surface area contributed by atoms with Crippen molar-refractivity contribution in [1.29, 1.82) is 0 Å². The number of aliphatic hydroxyl groups is 1. The second-order valence-electron chi connectivity index (χ2n) is 5.55. The van der Waals surface area contributed by atoms with Crippen molar-refractivity contribution >= 4 is 11.6 Å². The third-order valence-corrected chi connectivity index (χ3v) is 4.05. The van der Waals surface area contributed by atoms with Crippen molar-refractivity contribution in [3.8, 4) is 0 Å². The molecule has 5 nitrogen and oxygen atoms in total. The molecule has 0 amide bonds. The van der Waals surface area contributed by atoms with E-state index in [9.17, 15) is 0 Å². The van der Waals surface area contributed by atoms with Gasteiger partial charge in [-0.2, -0.15) is 5.10 Å². The van der Waals surface area contributed by atoms with Crippen LogP contribution in [-0.4, -0.2) is 39.7 Å². The Morgan fingerprint density at radius 2 is 2.32 bits per heavy atom. The Morgan fingerprint density at radius 1 is 1.41 bits per heavy atom. The molecule has 0 radical (unpaired) electrons. The Kier molecular flexibility index (Phi) is 5.08. The molecule has 0 aliphatic carbocycles. The van der Waals surface area contributed by atoms with E-state index in [0.717, 1.165) is 35.3 Å². The van der Waals surface area contributed by atoms with E-state index >= 15 is 0 Å². The Bertz CT molecular complexity index is 624. The number of benzene rings is 1. The van der Waals surface area contributed by atoms with E-state index in [-0.39, 0.29) is 6.61 Å². The normalized spacial score (nSPS) is 18.0. The van der Waals surface area contributed by atoms with Gasteiger partial charge in [0, 0.05) is 37.1 Å². The zero-order chi connectivity index (χ0) is 15.4. The monoisotopic (exact) mass is 321 g/mol. The van der Waals surface area contributed by atoms with Gasteiger partial charge in [-0.05, 0) is 30.5 Å². The summed E-state index contributed by atoms with van der Waals surface area (Å²) in [5.41, 5.74) is 1.10. The largest absolute Gasteiger partial charge is 0.396 e. The minimum atomic E-state index is 0.157. The van der Waals surface area contributed by atoms with E-state index in [1.54, 1.807) is 0 Å². The lowest BCUT2D eigenvalue weighted by molar-refractivity contribution is 0.192. The molecule has 0 saturated carbocycles. The standard InChI is InChI=1S/C16H20ClN3O2/c17-14-4-1-3-12(9-14)10-15-18-16(13-5-8-22-11-13)20(19-15)6-2-7-21/h1,3-4,9,13,21H,2,5-8,10-11H2. The van der Waals surface area contributed by atoms with Gasteiger partial charge in [-0.1, -0.05) is 23.7 Å². The van der Waals surface area contributed by atoms with Crippen LogP contribution in [0.4, 0.5) is 0 Å². The van der Waals surface area contributed by atoms with Crippen molar-refractivity contribution in [3.05, 3.63) is 46.5 Å². The van der Waals surface area contributed by atoms with Gasteiger partial charge in [0.2, 0.25) is 0 Å². The zero-order valence-electron chi connectivity index (χ0n) is 12.4. The highest BCUT2D eigenvalue weighted by atomic mass is 35.5. The first-order valence-corrected chi connectivity index (χ1v) is 8.00. The van der Waals surface area contributed by atoms with E-state index in [1.807, 2.05) is 28.9 Å². The SMILES string of the molecule is OCCCn1nc(Cc2cccc(Cl)c2)nc1C1CCOC1. The second kappa shape index (κ2) is 7.22. The minimum absolute atomic E-state index is 0.157. The average Bonchev–Trinajstić information content (AvgIpc) is 3.14. The number of aromatic nitrogens is 3. The third kappa shape index (κ3) is 3.66. The highest BCUT2D eigenvalue weighted by Gasteiger charge is 2.24. The van der Waals surface area contributed by atoms with Crippen LogP contribution in [0.25, 0.3) is 0 Å². The van der Waals surface area contributed by atoms with Gasteiger partial charge in [0.25, 0.3) is 0 Å². The van der Waals surface area contributed by atoms with E-state index < -0.39 is 0 Å². The molecule has 1 aliphatic rings. The summed E-state index contributed by atoms with van der Waals surface area (Å²) >= 11 is 6.03. The van der Waals surface area contributed by atoms with Crippen molar-refractivity contribution in [2.45, 2.75) is 31.7 Å². The maximum Gasteiger partial charge on any atom is 0.155 e. The molecule has 0 bridgehead atoms. The molecule has 22 heavy (non-hydrogen) atoms. The number of halogens is 1. The van der Waals surface area contributed by atoms with E-state index in [0.29, 0.717) is 31.9 Å². The van der Waals surface area contributed by atoms with Crippen molar-refractivity contribution < 1.29 is 9.84 Å². The summed E-state index contributed by atoms with van der Waals surface area (Å²) in [5.74, 6) is 2.07. The molecule has 1 aromatic heterocycles. The van der Waals surface area contributed by atoms with Gasteiger partial charge in [-0.25, -0.2) is 9.67 Å². The smallest absolute Gasteiger partial charge is 0.155 e. The van der Waals surface area contributed by atoms with Crippen molar-refractivity contribution in [1.82, 2.24) is 14.8 Å². The van der Waals surface area contributed by atoms with Crippen molar-refractivity contribution in [2.75, 3.05) is 19.8 Å². The number of aryl methyl sites for hydroxylation is 1. The van der Waals surface area contributed by atoms with E-state index in [4.69, 9.17) is 26.4 Å². The first kappa shape index (κ1) is 15.5. The second-order valence-corrected chi connectivity index (χ2v) is 5.99. The van der Waals surface area contributed by atoms with E-state index in [2.05, 4.69) is 5.10 Å². The van der Waals surface area contributed by atoms with Crippen molar-refractivity contribution in [2.24, 2.45) is 0 Å². The maximum atomic E-state index is 9.06. The molecule has 1 saturated heterocycles. The zero-order valence-corrected chi connectivity index (χ0v) is 13.2. The molecule has 1 N–H and O–H groups in total. The molecule has 2 aromatic rings. The molecular formula is C16H20ClN3O2. The van der Waals surface area contributed by atoms with Gasteiger partial charge in [-0.15, -0.1) is 0 Å². The Hall–Kier alpha value is -1.43. The topological polar surface area (TPSA) is 60.2 Å². The molecule has 118 valence electrons. The fraction of sp³-hybridized carbons (Fsp3) is 0.500. The van der Waals surface area contributed by atoms with Crippen LogP contribution in [-0.2, 0) is 17.7 Å². The maximum absolute atomic E-state index is 9.06. The summed E-state index contributed by atoms with van der Waals surface area (Å²) in [6, 6.07) is 7.76. The first-order chi connectivity index (χ1) is 10.8. The van der Waals surface area contributed by atoms with Crippen LogP contribution in [0.5, 0.6) is 0 Å². The highest BCUT2D eigenvalue weighted by molar-refractivity contribution is 6.30. The molecular weight excluding hydrogens is 302 g/mol. The molecule has 0 spiro atoms. The molecule has 1 atom stereocenters. The number of hydrogen-bond donors (Lipinski definition) is 1. The predicted molar refractivity (Wildman–Crippen MR) is 84.2 cm³/mol. The highest BCUT2D eigenvalue weighted by Crippen LogP contribution is 2.24. The number of aliphatic hydroxyl groups excluding tert-OH is 1. The average molecular weight is 322 g/mol. The van der Waals surface area contributed by atoms with E-state index in [1.165, 1.54) is 0 Å². The van der Waals surface area contributed by atoms with Crippen LogP contribution in [0.15, 0.2) is 24.3 Å². The minimum Gasteiger partial charge on any atom is -0.396 e. The Labute approximate surface area is 134 Å². The van der Waals surface area contributed by atoms with Crippen LogP contribution in [0.1, 0.15) is 36.0 Å². The molecule has 1 aliphatic heterocycles. The van der Waals surface area contributed by atoms with Gasteiger partial charge in [-0.3, -0.25) is 0 Å². The predicted octanol–water partition coefficient (Wildman–Crippen LogP) is 2.41. The van der Waals surface area contributed by atoms with Gasteiger partial charge in [0.1, 0.15) is 5.82 Å². The number of rotatable bonds is 6. The van der Waals surface area contributed by atoms with Gasteiger partial charge in [0.05, 0.1) is 6.61 Å². The summed E-state index contributed by atoms with van der Waals surface area (Å²) in [6.07, 6.45) is 2.32. The third-order valence-electron chi connectivity index (χ3n) is 3.82. The first-order valence-electron chi connectivity index (χ1n) is 7.63. The molecule has 2 heterocycles. The Morgan fingerprint density at radius 3 is 3.05 bits per heavy atom. The van der Waals surface area contributed by atoms with Crippen LogP contribution in [0, 0.1) is 0 Å². The molecule has 1 fully saturated rings. The number of ether oxygens (including phenoxy) is 1. The summed E-state index contributed by atoms with van der Waals surface area (Å²) in [6.45, 7) is 2.32. The van der Waals surface area contributed by atoms with Gasteiger partial charge in [0.15, 0.2) is 5.82 Å². The van der Waals surface area contributed by atoms with Crippen LogP contribution in [0.2, 0.25) is 5.02 Å².